The first kappa shape index (κ1) is 12.2. The summed E-state index contributed by atoms with van der Waals surface area (Å²) in [6.07, 6.45) is 1.59. The number of pyridine rings is 1. The van der Waals surface area contributed by atoms with E-state index in [1.54, 1.807) is 0 Å². The van der Waals surface area contributed by atoms with E-state index in [0.717, 1.165) is 0 Å². The zero-order chi connectivity index (χ0) is 12.4. The van der Waals surface area contributed by atoms with Crippen LogP contribution in [-0.4, -0.2) is 23.7 Å². The first-order valence-corrected chi connectivity index (χ1v) is 5.49. The molecule has 3 nitrogen and oxygen atoms in total. The second kappa shape index (κ2) is 4.91. The summed E-state index contributed by atoms with van der Waals surface area (Å²) in [5.41, 5.74) is 0. The van der Waals surface area contributed by atoms with E-state index in [0.29, 0.717) is 25.5 Å². The van der Waals surface area contributed by atoms with Crippen molar-refractivity contribution in [2.24, 2.45) is 0 Å². The van der Waals surface area contributed by atoms with Gasteiger partial charge in [-0.05, 0) is 19.8 Å². The van der Waals surface area contributed by atoms with Gasteiger partial charge in [-0.2, -0.15) is 9.37 Å². The molecule has 1 aliphatic carbocycles. The lowest BCUT2D eigenvalue weighted by molar-refractivity contribution is 0.00284. The van der Waals surface area contributed by atoms with Crippen molar-refractivity contribution >= 4 is 5.82 Å². The smallest absolute Gasteiger partial charge is 0.251 e. The number of anilines is 1. The molecule has 0 atom stereocenters. The molecule has 0 saturated heterocycles. The van der Waals surface area contributed by atoms with Gasteiger partial charge in [0.05, 0.1) is 6.10 Å². The van der Waals surface area contributed by atoms with Gasteiger partial charge in [-0.15, -0.1) is 0 Å². The fourth-order valence-corrected chi connectivity index (χ4v) is 1.79. The third-order valence-corrected chi connectivity index (χ3v) is 2.72. The number of hydrogen-bond donors (Lipinski definition) is 1. The summed E-state index contributed by atoms with van der Waals surface area (Å²) in [5.74, 6) is -3.71. The molecule has 94 valence electrons. The molecular formula is C11H13F3N2O. The zero-order valence-corrected chi connectivity index (χ0v) is 9.34. The van der Waals surface area contributed by atoms with Crippen LogP contribution in [0.5, 0.6) is 0 Å². The molecule has 0 aromatic carbocycles. The molecule has 1 N–H and O–H groups in total. The minimum Gasteiger partial charge on any atom is -0.378 e. The summed E-state index contributed by atoms with van der Waals surface area (Å²) in [7, 11) is 0. The van der Waals surface area contributed by atoms with Gasteiger partial charge in [0.1, 0.15) is 0 Å². The van der Waals surface area contributed by atoms with Crippen LogP contribution in [0, 0.1) is 17.6 Å². The van der Waals surface area contributed by atoms with Crippen LogP contribution in [0.2, 0.25) is 0 Å². The highest BCUT2D eigenvalue weighted by atomic mass is 19.2. The summed E-state index contributed by atoms with van der Waals surface area (Å²) < 4.78 is 44.0. The van der Waals surface area contributed by atoms with Crippen LogP contribution in [0.3, 0.4) is 0 Å². The van der Waals surface area contributed by atoms with Gasteiger partial charge in [0, 0.05) is 18.7 Å². The van der Waals surface area contributed by atoms with Crippen molar-refractivity contribution in [3.63, 3.8) is 0 Å². The Kier molecular flexibility index (Phi) is 3.51. The SMILES string of the molecule is CCOC1CC(Nc2nc(F)c(F)cc2F)C1. The van der Waals surface area contributed by atoms with E-state index in [1.807, 2.05) is 6.92 Å². The molecule has 1 heterocycles. The fourth-order valence-electron chi connectivity index (χ4n) is 1.79. The second-order valence-corrected chi connectivity index (χ2v) is 3.98. The normalized spacial score (nSPS) is 23.3. The zero-order valence-electron chi connectivity index (χ0n) is 9.34. The van der Waals surface area contributed by atoms with E-state index in [2.05, 4.69) is 10.3 Å². The summed E-state index contributed by atoms with van der Waals surface area (Å²) in [6, 6.07) is 0.488. The van der Waals surface area contributed by atoms with Gasteiger partial charge in [-0.25, -0.2) is 8.78 Å². The highest BCUT2D eigenvalue weighted by molar-refractivity contribution is 5.38. The van der Waals surface area contributed by atoms with Crippen molar-refractivity contribution in [2.45, 2.75) is 31.9 Å². The van der Waals surface area contributed by atoms with E-state index in [9.17, 15) is 13.2 Å². The molecule has 1 aromatic rings. The summed E-state index contributed by atoms with van der Waals surface area (Å²) >= 11 is 0. The van der Waals surface area contributed by atoms with Crippen LogP contribution >= 0.6 is 0 Å². The quantitative estimate of drug-likeness (QED) is 0.829. The molecule has 0 bridgehead atoms. The van der Waals surface area contributed by atoms with Crippen molar-refractivity contribution in [1.29, 1.82) is 0 Å². The van der Waals surface area contributed by atoms with Crippen molar-refractivity contribution in [3.8, 4) is 0 Å². The molecular weight excluding hydrogens is 233 g/mol. The summed E-state index contributed by atoms with van der Waals surface area (Å²) in [5, 5.41) is 2.73. The maximum atomic E-state index is 13.2. The van der Waals surface area contributed by atoms with Crippen LogP contribution in [0.25, 0.3) is 0 Å². The van der Waals surface area contributed by atoms with Gasteiger partial charge in [0.15, 0.2) is 17.5 Å². The van der Waals surface area contributed by atoms with Crippen LogP contribution in [-0.2, 0) is 4.74 Å². The first-order valence-electron chi connectivity index (χ1n) is 5.49. The van der Waals surface area contributed by atoms with E-state index >= 15 is 0 Å². The number of aromatic nitrogens is 1. The van der Waals surface area contributed by atoms with E-state index in [1.165, 1.54) is 0 Å². The highest BCUT2D eigenvalue weighted by Crippen LogP contribution is 2.27. The average Bonchev–Trinajstić information content (AvgIpc) is 2.22. The Labute approximate surface area is 97.0 Å². The predicted molar refractivity (Wildman–Crippen MR) is 56.2 cm³/mol. The number of halogens is 3. The fraction of sp³-hybridized carbons (Fsp3) is 0.545. The lowest BCUT2D eigenvalue weighted by atomic mass is 9.89. The number of hydrogen-bond acceptors (Lipinski definition) is 3. The highest BCUT2D eigenvalue weighted by Gasteiger charge is 2.30. The lowest BCUT2D eigenvalue weighted by Crippen LogP contribution is -2.41. The monoisotopic (exact) mass is 246 g/mol. The standard InChI is InChI=1S/C11H13F3N2O/c1-2-17-7-3-6(4-7)15-11-9(13)5-8(12)10(14)16-11/h5-7H,2-4H2,1H3,(H,15,16). The van der Waals surface area contributed by atoms with Gasteiger partial charge in [0.25, 0.3) is 5.95 Å². The van der Waals surface area contributed by atoms with Crippen molar-refractivity contribution in [3.05, 3.63) is 23.6 Å². The minimum atomic E-state index is -1.30. The van der Waals surface area contributed by atoms with Crippen molar-refractivity contribution < 1.29 is 17.9 Å². The predicted octanol–water partition coefficient (Wildman–Crippen LogP) is 2.48. The number of ether oxygens (including phenoxy) is 1. The Bertz CT molecular complexity index is 408. The molecule has 6 heteroatoms. The van der Waals surface area contributed by atoms with E-state index < -0.39 is 17.6 Å². The molecule has 17 heavy (non-hydrogen) atoms. The Morgan fingerprint density at radius 3 is 2.71 bits per heavy atom. The second-order valence-electron chi connectivity index (χ2n) is 3.98. The number of nitrogens with one attached hydrogen (secondary N) is 1. The van der Waals surface area contributed by atoms with Crippen LogP contribution in [0.1, 0.15) is 19.8 Å². The largest absolute Gasteiger partial charge is 0.378 e. The minimum absolute atomic E-state index is 0.00147. The van der Waals surface area contributed by atoms with Gasteiger partial charge in [-0.1, -0.05) is 0 Å². The summed E-state index contributed by atoms with van der Waals surface area (Å²) in [6.45, 7) is 2.53. The van der Waals surface area contributed by atoms with Crippen LogP contribution in [0.4, 0.5) is 19.0 Å². The maximum Gasteiger partial charge on any atom is 0.251 e. The van der Waals surface area contributed by atoms with E-state index in [4.69, 9.17) is 4.74 Å². The first-order chi connectivity index (χ1) is 8.10. The van der Waals surface area contributed by atoms with Crippen molar-refractivity contribution in [1.82, 2.24) is 4.98 Å². The number of nitrogens with zero attached hydrogens (tertiary/aromatic N) is 1. The van der Waals surface area contributed by atoms with Crippen LogP contribution < -0.4 is 5.32 Å². The molecule has 1 aromatic heterocycles. The van der Waals surface area contributed by atoms with Gasteiger partial charge in [-0.3, -0.25) is 0 Å². The van der Waals surface area contributed by atoms with Crippen molar-refractivity contribution in [2.75, 3.05) is 11.9 Å². The van der Waals surface area contributed by atoms with Gasteiger partial charge >= 0.3 is 0 Å². The Balaban J connectivity index is 1.94. The molecule has 0 aliphatic heterocycles. The topological polar surface area (TPSA) is 34.1 Å². The average molecular weight is 246 g/mol. The Hall–Kier alpha value is -1.30. The summed E-state index contributed by atoms with van der Waals surface area (Å²) in [4.78, 5) is 3.20. The molecule has 1 aliphatic rings. The third kappa shape index (κ3) is 2.69. The molecule has 0 radical (unpaired) electrons. The van der Waals surface area contributed by atoms with E-state index in [-0.39, 0.29) is 18.0 Å². The number of rotatable bonds is 4. The molecule has 0 amide bonds. The van der Waals surface area contributed by atoms with Crippen LogP contribution in [0.15, 0.2) is 6.07 Å². The Morgan fingerprint density at radius 2 is 2.06 bits per heavy atom. The third-order valence-electron chi connectivity index (χ3n) is 2.72. The molecule has 1 fully saturated rings. The molecule has 0 unspecified atom stereocenters. The lowest BCUT2D eigenvalue weighted by Gasteiger charge is -2.35. The van der Waals surface area contributed by atoms with Gasteiger partial charge in [0.2, 0.25) is 0 Å². The maximum absolute atomic E-state index is 13.2. The Morgan fingerprint density at radius 1 is 1.35 bits per heavy atom. The molecule has 1 saturated carbocycles. The van der Waals surface area contributed by atoms with Gasteiger partial charge < -0.3 is 10.1 Å². The molecule has 2 rings (SSSR count). The molecule has 0 spiro atoms.